The molecule has 0 atom stereocenters. The number of aryl methyl sites for hydroxylation is 3. The van der Waals surface area contributed by atoms with Crippen molar-refractivity contribution >= 4 is 33.3 Å². The van der Waals surface area contributed by atoms with E-state index in [-0.39, 0.29) is 11.4 Å². The molecule has 8 nitrogen and oxygen atoms in total. The van der Waals surface area contributed by atoms with Crippen LogP contribution in [0.3, 0.4) is 0 Å². The van der Waals surface area contributed by atoms with Crippen molar-refractivity contribution in [3.63, 3.8) is 0 Å². The Kier molecular flexibility index (Phi) is 7.09. The number of amides is 2. The molecule has 0 spiro atoms. The van der Waals surface area contributed by atoms with Crippen LogP contribution in [0, 0.1) is 13.8 Å². The first-order chi connectivity index (χ1) is 16.7. The summed E-state index contributed by atoms with van der Waals surface area (Å²) in [6, 6.07) is 12.9. The number of hydrogen-bond donors (Lipinski definition) is 2. The standard InChI is InChI=1S/C25H26ClN5O3S/c1-4-22-23(31-15-16(2)28-17(3)24(31)29-22)19-7-5-18(6-8-19)13-14-27-25(32)30-35(33,34)21-11-9-20(26)10-12-21/h5-12,15H,4,13-14H2,1-3H3,(H2,27,30,32). The summed E-state index contributed by atoms with van der Waals surface area (Å²) < 4.78 is 28.7. The molecule has 0 aliphatic carbocycles. The summed E-state index contributed by atoms with van der Waals surface area (Å²) in [5.74, 6) is 0. The molecule has 182 valence electrons. The normalized spacial score (nSPS) is 11.5. The average Bonchev–Trinajstić information content (AvgIpc) is 3.18. The maximum absolute atomic E-state index is 12.3. The van der Waals surface area contributed by atoms with Gasteiger partial charge in [0.2, 0.25) is 0 Å². The number of carbonyl (C=O) groups excluding carboxylic acids is 1. The van der Waals surface area contributed by atoms with E-state index in [1.165, 1.54) is 24.3 Å². The van der Waals surface area contributed by atoms with Gasteiger partial charge in [0.05, 0.1) is 27.7 Å². The molecular weight excluding hydrogens is 486 g/mol. The lowest BCUT2D eigenvalue weighted by atomic mass is 10.0. The quantitative estimate of drug-likeness (QED) is 0.381. The average molecular weight is 512 g/mol. The molecule has 0 unspecified atom stereocenters. The van der Waals surface area contributed by atoms with Gasteiger partial charge in [-0.2, -0.15) is 0 Å². The second kappa shape index (κ2) is 10.1. The number of nitrogens with zero attached hydrogens (tertiary/aromatic N) is 3. The van der Waals surface area contributed by atoms with Crippen LogP contribution in [0.2, 0.25) is 5.02 Å². The number of benzene rings is 2. The Morgan fingerprint density at radius 2 is 1.71 bits per heavy atom. The lowest BCUT2D eigenvalue weighted by molar-refractivity contribution is 0.246. The number of rotatable bonds is 7. The van der Waals surface area contributed by atoms with Gasteiger partial charge in [-0.05, 0) is 56.5 Å². The van der Waals surface area contributed by atoms with Gasteiger partial charge in [-0.3, -0.25) is 9.38 Å². The Balaban J connectivity index is 1.41. The van der Waals surface area contributed by atoms with E-state index in [1.54, 1.807) is 0 Å². The summed E-state index contributed by atoms with van der Waals surface area (Å²) >= 11 is 5.78. The van der Waals surface area contributed by atoms with Crippen molar-refractivity contribution in [2.24, 2.45) is 0 Å². The first-order valence-electron chi connectivity index (χ1n) is 11.2. The highest BCUT2D eigenvalue weighted by molar-refractivity contribution is 7.90. The Hall–Kier alpha value is -3.43. The molecule has 2 aromatic carbocycles. The van der Waals surface area contributed by atoms with Gasteiger partial charge in [0, 0.05) is 23.3 Å². The zero-order valence-electron chi connectivity index (χ0n) is 19.7. The summed E-state index contributed by atoms with van der Waals surface area (Å²) in [4.78, 5) is 21.4. The maximum Gasteiger partial charge on any atom is 0.328 e. The van der Waals surface area contributed by atoms with E-state index in [1.807, 2.05) is 49.0 Å². The monoisotopic (exact) mass is 511 g/mol. The number of carbonyl (C=O) groups is 1. The molecular formula is C25H26ClN5O3S. The molecule has 0 saturated heterocycles. The molecule has 35 heavy (non-hydrogen) atoms. The Morgan fingerprint density at radius 3 is 2.37 bits per heavy atom. The van der Waals surface area contributed by atoms with Crippen molar-refractivity contribution in [3.8, 4) is 11.3 Å². The van der Waals surface area contributed by atoms with Crippen LogP contribution in [0.5, 0.6) is 0 Å². The van der Waals surface area contributed by atoms with Crippen LogP contribution in [0.15, 0.2) is 59.6 Å². The number of urea groups is 1. The molecule has 0 bridgehead atoms. The number of nitrogens with one attached hydrogen (secondary N) is 2. The van der Waals surface area contributed by atoms with Gasteiger partial charge in [-0.15, -0.1) is 0 Å². The summed E-state index contributed by atoms with van der Waals surface area (Å²) in [5.41, 5.74) is 6.79. The Bertz CT molecular complexity index is 1480. The smallest absolute Gasteiger partial charge is 0.328 e. The van der Waals surface area contributed by atoms with E-state index < -0.39 is 16.1 Å². The van der Waals surface area contributed by atoms with Crippen molar-refractivity contribution < 1.29 is 13.2 Å². The number of sulfonamides is 1. The van der Waals surface area contributed by atoms with Gasteiger partial charge < -0.3 is 5.32 Å². The predicted octanol–water partition coefficient (Wildman–Crippen LogP) is 4.46. The van der Waals surface area contributed by atoms with E-state index >= 15 is 0 Å². The topological polar surface area (TPSA) is 105 Å². The van der Waals surface area contributed by atoms with Gasteiger partial charge in [0.25, 0.3) is 10.0 Å². The van der Waals surface area contributed by atoms with Crippen molar-refractivity contribution in [1.29, 1.82) is 0 Å². The molecule has 0 radical (unpaired) electrons. The largest absolute Gasteiger partial charge is 0.337 e. The molecule has 10 heteroatoms. The van der Waals surface area contributed by atoms with Crippen LogP contribution >= 0.6 is 11.6 Å². The van der Waals surface area contributed by atoms with Gasteiger partial charge >= 0.3 is 6.03 Å². The molecule has 4 aromatic rings. The molecule has 2 amide bonds. The summed E-state index contributed by atoms with van der Waals surface area (Å²) in [6.45, 7) is 6.29. The number of hydrogen-bond acceptors (Lipinski definition) is 5. The van der Waals surface area contributed by atoms with E-state index in [0.717, 1.165) is 46.0 Å². The van der Waals surface area contributed by atoms with Crippen molar-refractivity contribution in [2.45, 2.75) is 38.5 Å². The number of aromatic nitrogens is 3. The van der Waals surface area contributed by atoms with Gasteiger partial charge in [-0.1, -0.05) is 42.8 Å². The predicted molar refractivity (Wildman–Crippen MR) is 136 cm³/mol. The Morgan fingerprint density at radius 1 is 1.03 bits per heavy atom. The highest BCUT2D eigenvalue weighted by Crippen LogP contribution is 2.27. The second-order valence-corrected chi connectivity index (χ2v) is 10.3. The van der Waals surface area contributed by atoms with Crippen molar-refractivity contribution in [3.05, 3.63) is 82.4 Å². The second-order valence-electron chi connectivity index (χ2n) is 8.18. The van der Waals surface area contributed by atoms with Crippen molar-refractivity contribution in [2.75, 3.05) is 6.54 Å². The Labute approximate surface area is 209 Å². The van der Waals surface area contributed by atoms with Crippen LogP contribution in [0.4, 0.5) is 4.79 Å². The van der Waals surface area contributed by atoms with Crippen molar-refractivity contribution in [1.82, 2.24) is 24.4 Å². The summed E-state index contributed by atoms with van der Waals surface area (Å²) in [7, 11) is -3.97. The van der Waals surface area contributed by atoms with E-state index in [9.17, 15) is 13.2 Å². The first-order valence-corrected chi connectivity index (χ1v) is 13.0. The van der Waals surface area contributed by atoms with Crippen LogP contribution in [0.1, 0.15) is 29.6 Å². The van der Waals surface area contributed by atoms with E-state index in [2.05, 4.69) is 21.6 Å². The zero-order chi connectivity index (χ0) is 25.2. The minimum Gasteiger partial charge on any atom is -0.337 e. The van der Waals surface area contributed by atoms with E-state index in [0.29, 0.717) is 11.4 Å². The number of halogens is 1. The lowest BCUT2D eigenvalue weighted by Gasteiger charge is -2.10. The van der Waals surface area contributed by atoms with Crippen LogP contribution in [-0.2, 0) is 22.9 Å². The van der Waals surface area contributed by atoms with Crippen LogP contribution < -0.4 is 10.0 Å². The molecule has 2 aromatic heterocycles. The third-order valence-corrected chi connectivity index (χ3v) is 7.18. The molecule has 0 saturated carbocycles. The SMILES string of the molecule is CCc1nc2c(C)nc(C)cn2c1-c1ccc(CCNC(=O)NS(=O)(=O)c2ccc(Cl)cc2)cc1. The molecule has 4 rings (SSSR count). The maximum atomic E-state index is 12.3. The molecule has 0 aliphatic heterocycles. The van der Waals surface area contributed by atoms with Crippen LogP contribution in [0.25, 0.3) is 16.9 Å². The first kappa shape index (κ1) is 24.7. The zero-order valence-corrected chi connectivity index (χ0v) is 21.2. The van der Waals surface area contributed by atoms with Gasteiger partial charge in [-0.25, -0.2) is 22.9 Å². The van der Waals surface area contributed by atoms with E-state index in [4.69, 9.17) is 16.6 Å². The lowest BCUT2D eigenvalue weighted by Crippen LogP contribution is -2.40. The van der Waals surface area contributed by atoms with Gasteiger partial charge in [0.1, 0.15) is 0 Å². The number of fused-ring (bicyclic) bond motifs is 1. The fraction of sp³-hybridized carbons (Fsp3) is 0.240. The van der Waals surface area contributed by atoms with Crippen LogP contribution in [-0.4, -0.2) is 35.4 Å². The summed E-state index contributed by atoms with van der Waals surface area (Å²) in [5, 5.41) is 3.00. The fourth-order valence-electron chi connectivity index (χ4n) is 3.92. The third kappa shape index (κ3) is 5.47. The molecule has 0 aliphatic rings. The molecule has 2 N–H and O–H groups in total. The highest BCUT2D eigenvalue weighted by Gasteiger charge is 2.18. The minimum atomic E-state index is -3.97. The fourth-order valence-corrected chi connectivity index (χ4v) is 4.98. The highest BCUT2D eigenvalue weighted by atomic mass is 35.5. The van der Waals surface area contributed by atoms with Gasteiger partial charge in [0.15, 0.2) is 5.65 Å². The third-order valence-electron chi connectivity index (χ3n) is 5.58. The molecule has 2 heterocycles. The summed E-state index contributed by atoms with van der Waals surface area (Å²) in [6.07, 6.45) is 3.35. The number of imidazole rings is 1. The molecule has 0 fully saturated rings. The minimum absolute atomic E-state index is 0.0346.